The first-order chi connectivity index (χ1) is 17.0. The van der Waals surface area contributed by atoms with Crippen LogP contribution < -0.4 is 15.6 Å². The first-order valence-corrected chi connectivity index (χ1v) is 12.3. The van der Waals surface area contributed by atoms with Crippen LogP contribution in [-0.2, 0) is 16.1 Å². The van der Waals surface area contributed by atoms with E-state index in [2.05, 4.69) is 10.3 Å². The third-order valence-corrected chi connectivity index (χ3v) is 6.28. The van der Waals surface area contributed by atoms with Gasteiger partial charge in [-0.3, -0.25) is 14.2 Å². The zero-order valence-electron chi connectivity index (χ0n) is 19.7. The van der Waals surface area contributed by atoms with E-state index in [1.807, 2.05) is 55.5 Å². The minimum Gasteiger partial charge on any atom is -0.455 e. The van der Waals surface area contributed by atoms with E-state index in [9.17, 15) is 9.59 Å². The number of aryl methyl sites for hydroxylation is 1. The summed E-state index contributed by atoms with van der Waals surface area (Å²) in [6.07, 6.45) is 0.667. The lowest BCUT2D eigenvalue weighted by atomic mass is 10.2. The highest BCUT2D eigenvalue weighted by molar-refractivity contribution is 7.99. The smallest absolute Gasteiger partial charge is 0.262 e. The Labute approximate surface area is 208 Å². The van der Waals surface area contributed by atoms with E-state index in [1.165, 1.54) is 11.8 Å². The number of anilines is 1. The van der Waals surface area contributed by atoms with Gasteiger partial charge in [-0.1, -0.05) is 53.7 Å². The number of carbonyl (C=O) groups excluding carboxylic acids is 1. The van der Waals surface area contributed by atoms with Crippen LogP contribution in [0.3, 0.4) is 0 Å². The maximum atomic E-state index is 13.1. The molecule has 0 saturated carbocycles. The minimum atomic E-state index is -0.221. The number of nitrogens with zero attached hydrogens (tertiary/aromatic N) is 2. The Morgan fingerprint density at radius 3 is 2.57 bits per heavy atom. The zero-order chi connectivity index (χ0) is 24.6. The summed E-state index contributed by atoms with van der Waals surface area (Å²) in [5, 5.41) is 3.98. The standard InChI is InChI=1S/C27H27N3O4S/c1-19-12-14-20(15-13-19)34-24-11-6-5-10-23(24)28-25(31)18-35-27-29-22-9-4-3-8-21(22)26(32)30(27)16-7-17-33-2/h3-6,8-15H,7,16-18H2,1-2H3,(H,28,31). The van der Waals surface area contributed by atoms with Crippen molar-refractivity contribution in [3.63, 3.8) is 0 Å². The van der Waals surface area contributed by atoms with Gasteiger partial charge in [0.25, 0.3) is 5.56 Å². The van der Waals surface area contributed by atoms with E-state index < -0.39 is 0 Å². The van der Waals surface area contributed by atoms with Crippen molar-refractivity contribution >= 4 is 34.3 Å². The van der Waals surface area contributed by atoms with Crippen LogP contribution in [0.15, 0.2) is 82.7 Å². The summed E-state index contributed by atoms with van der Waals surface area (Å²) in [6.45, 7) is 3.00. The molecule has 0 atom stereocenters. The first kappa shape index (κ1) is 24.5. The van der Waals surface area contributed by atoms with Crippen LogP contribution in [0.5, 0.6) is 11.5 Å². The lowest BCUT2D eigenvalue weighted by molar-refractivity contribution is -0.113. The number of para-hydroxylation sites is 3. The molecular weight excluding hydrogens is 462 g/mol. The average molecular weight is 490 g/mol. The Balaban J connectivity index is 1.49. The second kappa shape index (κ2) is 11.7. The molecule has 0 aliphatic rings. The number of carbonyl (C=O) groups is 1. The Morgan fingerprint density at radius 1 is 1.03 bits per heavy atom. The maximum absolute atomic E-state index is 13.1. The summed E-state index contributed by atoms with van der Waals surface area (Å²) < 4.78 is 12.7. The Morgan fingerprint density at radius 2 is 1.77 bits per heavy atom. The van der Waals surface area contributed by atoms with Crippen LogP contribution >= 0.6 is 11.8 Å². The summed E-state index contributed by atoms with van der Waals surface area (Å²) >= 11 is 1.23. The molecular formula is C27H27N3O4S. The van der Waals surface area contributed by atoms with E-state index in [0.717, 1.165) is 5.56 Å². The molecule has 3 aromatic carbocycles. The third-order valence-electron chi connectivity index (χ3n) is 5.30. The van der Waals surface area contributed by atoms with Gasteiger partial charge in [0, 0.05) is 20.3 Å². The van der Waals surface area contributed by atoms with Crippen molar-refractivity contribution in [2.45, 2.75) is 25.0 Å². The lowest BCUT2D eigenvalue weighted by Crippen LogP contribution is -2.25. The van der Waals surface area contributed by atoms with Gasteiger partial charge in [0.15, 0.2) is 10.9 Å². The lowest BCUT2D eigenvalue weighted by Gasteiger charge is -2.14. The SMILES string of the molecule is COCCCn1c(SCC(=O)Nc2ccccc2Oc2ccc(C)cc2)nc2ccccc2c1=O. The fourth-order valence-electron chi connectivity index (χ4n) is 3.53. The molecule has 1 amide bonds. The molecule has 180 valence electrons. The highest BCUT2D eigenvalue weighted by atomic mass is 32.2. The van der Waals surface area contributed by atoms with Gasteiger partial charge in [0.2, 0.25) is 5.91 Å². The van der Waals surface area contributed by atoms with Gasteiger partial charge in [0.05, 0.1) is 22.3 Å². The summed E-state index contributed by atoms with van der Waals surface area (Å²) in [4.78, 5) is 30.6. The van der Waals surface area contributed by atoms with E-state index >= 15 is 0 Å². The molecule has 0 radical (unpaired) electrons. The fraction of sp³-hybridized carbons (Fsp3) is 0.222. The topological polar surface area (TPSA) is 82.4 Å². The van der Waals surface area contributed by atoms with Gasteiger partial charge in [-0.25, -0.2) is 4.98 Å². The number of benzene rings is 3. The Kier molecular flexibility index (Phi) is 8.18. The Bertz CT molecular complexity index is 1370. The number of amides is 1. The number of hydrogen-bond donors (Lipinski definition) is 1. The van der Waals surface area contributed by atoms with Gasteiger partial charge in [-0.05, 0) is 49.7 Å². The molecule has 0 spiro atoms. The quantitative estimate of drug-likeness (QED) is 0.186. The number of rotatable bonds is 10. The highest BCUT2D eigenvalue weighted by Crippen LogP contribution is 2.30. The largest absolute Gasteiger partial charge is 0.455 e. The van der Waals surface area contributed by atoms with Crippen molar-refractivity contribution in [1.29, 1.82) is 0 Å². The van der Waals surface area contributed by atoms with E-state index in [4.69, 9.17) is 9.47 Å². The molecule has 4 rings (SSSR count). The van der Waals surface area contributed by atoms with Gasteiger partial charge in [-0.15, -0.1) is 0 Å². The van der Waals surface area contributed by atoms with Crippen molar-refractivity contribution in [3.8, 4) is 11.5 Å². The molecule has 8 heteroatoms. The number of aromatic nitrogens is 2. The van der Waals surface area contributed by atoms with Crippen molar-refractivity contribution < 1.29 is 14.3 Å². The van der Waals surface area contributed by atoms with Crippen LogP contribution in [-0.4, -0.2) is 34.9 Å². The minimum absolute atomic E-state index is 0.0912. The van der Waals surface area contributed by atoms with E-state index in [1.54, 1.807) is 35.9 Å². The maximum Gasteiger partial charge on any atom is 0.262 e. The number of nitrogens with one attached hydrogen (secondary N) is 1. The molecule has 4 aromatic rings. The monoisotopic (exact) mass is 489 g/mol. The van der Waals surface area contributed by atoms with Crippen molar-refractivity contribution in [2.75, 3.05) is 24.8 Å². The normalized spacial score (nSPS) is 10.9. The molecule has 0 aliphatic heterocycles. The average Bonchev–Trinajstić information content (AvgIpc) is 2.87. The highest BCUT2D eigenvalue weighted by Gasteiger charge is 2.14. The second-order valence-electron chi connectivity index (χ2n) is 7.96. The summed E-state index contributed by atoms with van der Waals surface area (Å²) in [6, 6.07) is 22.2. The van der Waals surface area contributed by atoms with Crippen LogP contribution in [0.25, 0.3) is 10.9 Å². The molecule has 1 N–H and O–H groups in total. The molecule has 7 nitrogen and oxygen atoms in total. The summed E-state index contributed by atoms with van der Waals surface area (Å²) in [5.41, 5.74) is 2.20. The molecule has 1 aromatic heterocycles. The number of fused-ring (bicyclic) bond motifs is 1. The predicted molar refractivity (Wildman–Crippen MR) is 140 cm³/mol. The number of methoxy groups -OCH3 is 1. The van der Waals surface area contributed by atoms with E-state index in [-0.39, 0.29) is 17.2 Å². The predicted octanol–water partition coefficient (Wildman–Crippen LogP) is 5.26. The van der Waals surface area contributed by atoms with Gasteiger partial charge >= 0.3 is 0 Å². The van der Waals surface area contributed by atoms with Crippen LogP contribution in [0.2, 0.25) is 0 Å². The number of thioether (sulfide) groups is 1. The third kappa shape index (κ3) is 6.29. The molecule has 0 fully saturated rings. The molecule has 1 heterocycles. The molecule has 35 heavy (non-hydrogen) atoms. The van der Waals surface area contributed by atoms with Crippen molar-refractivity contribution in [1.82, 2.24) is 9.55 Å². The van der Waals surface area contributed by atoms with Gasteiger partial charge in [-0.2, -0.15) is 0 Å². The zero-order valence-corrected chi connectivity index (χ0v) is 20.5. The van der Waals surface area contributed by atoms with Gasteiger partial charge in [0.1, 0.15) is 5.75 Å². The molecule has 0 unspecified atom stereocenters. The number of ether oxygens (including phenoxy) is 2. The Hall–Kier alpha value is -3.62. The number of hydrogen-bond acceptors (Lipinski definition) is 6. The second-order valence-corrected chi connectivity index (χ2v) is 8.91. The molecule has 0 saturated heterocycles. The van der Waals surface area contributed by atoms with E-state index in [0.29, 0.717) is 52.8 Å². The summed E-state index contributed by atoms with van der Waals surface area (Å²) in [7, 11) is 1.63. The van der Waals surface area contributed by atoms with Crippen LogP contribution in [0.1, 0.15) is 12.0 Å². The fourth-order valence-corrected chi connectivity index (χ4v) is 4.36. The first-order valence-electron chi connectivity index (χ1n) is 11.3. The summed E-state index contributed by atoms with van der Waals surface area (Å²) in [5.74, 6) is 1.11. The van der Waals surface area contributed by atoms with Crippen LogP contribution in [0.4, 0.5) is 5.69 Å². The molecule has 0 bridgehead atoms. The molecule has 0 aliphatic carbocycles. The van der Waals surface area contributed by atoms with Crippen molar-refractivity contribution in [3.05, 3.63) is 88.7 Å². The van der Waals surface area contributed by atoms with Crippen LogP contribution in [0, 0.1) is 6.92 Å². The van der Waals surface area contributed by atoms with Crippen molar-refractivity contribution in [2.24, 2.45) is 0 Å². The van der Waals surface area contributed by atoms with Gasteiger partial charge < -0.3 is 14.8 Å².